The number of esters is 1. The fourth-order valence-corrected chi connectivity index (χ4v) is 1.66. The van der Waals surface area contributed by atoms with E-state index in [9.17, 15) is 20.0 Å². The zero-order chi connectivity index (χ0) is 13.8. The van der Waals surface area contributed by atoms with Gasteiger partial charge in [0.15, 0.2) is 0 Å². The number of nitrogens with zero attached hydrogens (tertiary/aromatic N) is 1. The molecule has 0 bridgehead atoms. The number of alkyl halides is 1. The van der Waals surface area contributed by atoms with E-state index in [1.165, 1.54) is 0 Å². The summed E-state index contributed by atoms with van der Waals surface area (Å²) >= 11 is 3.13. The molecule has 0 amide bonds. The predicted molar refractivity (Wildman–Crippen MR) is 65.6 cm³/mol. The van der Waals surface area contributed by atoms with E-state index >= 15 is 0 Å². The Hall–Kier alpha value is -0.690. The standard InChI is InChI=1S/C10H18BrNO5/c1-6(2)8(11)10(14,5-12(15)16)9(13)17-7(3)4/h6-8,14H,5H2,1-4H3/t8-,10+/m1/s1. The molecule has 0 fully saturated rings. The molecule has 0 radical (unpaired) electrons. The zero-order valence-corrected chi connectivity index (χ0v) is 11.9. The van der Waals surface area contributed by atoms with Crippen molar-refractivity contribution in [3.05, 3.63) is 10.1 Å². The van der Waals surface area contributed by atoms with Crippen molar-refractivity contribution in [3.63, 3.8) is 0 Å². The smallest absolute Gasteiger partial charge is 0.346 e. The summed E-state index contributed by atoms with van der Waals surface area (Å²) in [6, 6.07) is 0. The molecule has 0 aromatic rings. The maximum Gasteiger partial charge on any atom is 0.346 e. The Morgan fingerprint density at radius 3 is 2.24 bits per heavy atom. The number of aliphatic hydroxyl groups is 1. The molecule has 1 N–H and O–H groups in total. The Bertz CT molecular complexity index is 294. The van der Waals surface area contributed by atoms with Gasteiger partial charge in [0, 0.05) is 4.92 Å². The van der Waals surface area contributed by atoms with Gasteiger partial charge < -0.3 is 9.84 Å². The van der Waals surface area contributed by atoms with Gasteiger partial charge >= 0.3 is 5.97 Å². The summed E-state index contributed by atoms with van der Waals surface area (Å²) in [6.45, 7) is 5.83. The minimum Gasteiger partial charge on any atom is -0.461 e. The molecule has 0 heterocycles. The van der Waals surface area contributed by atoms with Crippen LogP contribution >= 0.6 is 15.9 Å². The third-order valence-electron chi connectivity index (χ3n) is 2.11. The van der Waals surface area contributed by atoms with Crippen LogP contribution in [0.15, 0.2) is 0 Å². The van der Waals surface area contributed by atoms with Crippen LogP contribution in [0.4, 0.5) is 0 Å². The van der Waals surface area contributed by atoms with Crippen molar-refractivity contribution >= 4 is 21.9 Å². The van der Waals surface area contributed by atoms with E-state index in [0.717, 1.165) is 0 Å². The summed E-state index contributed by atoms with van der Waals surface area (Å²) in [5.74, 6) is -1.13. The van der Waals surface area contributed by atoms with Gasteiger partial charge in [0.05, 0.1) is 10.9 Å². The number of rotatable bonds is 6. The first kappa shape index (κ1) is 16.3. The van der Waals surface area contributed by atoms with Crippen molar-refractivity contribution in [1.29, 1.82) is 0 Å². The van der Waals surface area contributed by atoms with Crippen LogP contribution in [-0.4, -0.2) is 39.1 Å². The minimum atomic E-state index is -2.15. The summed E-state index contributed by atoms with van der Waals surface area (Å²) in [5, 5.41) is 20.7. The molecule has 0 rings (SSSR count). The first-order chi connectivity index (χ1) is 7.61. The Morgan fingerprint density at radius 1 is 1.47 bits per heavy atom. The van der Waals surface area contributed by atoms with Crippen molar-refractivity contribution in [2.75, 3.05) is 6.54 Å². The topological polar surface area (TPSA) is 89.7 Å². The second kappa shape index (κ2) is 6.30. The first-order valence-corrected chi connectivity index (χ1v) is 6.22. The number of hydrogen-bond donors (Lipinski definition) is 1. The van der Waals surface area contributed by atoms with Crippen molar-refractivity contribution in [2.24, 2.45) is 5.92 Å². The van der Waals surface area contributed by atoms with E-state index in [-0.39, 0.29) is 5.92 Å². The van der Waals surface area contributed by atoms with Crippen molar-refractivity contribution < 1.29 is 19.6 Å². The van der Waals surface area contributed by atoms with Crippen molar-refractivity contribution in [1.82, 2.24) is 0 Å². The third kappa shape index (κ3) is 4.59. The number of ether oxygens (including phenoxy) is 1. The van der Waals surface area contributed by atoms with Crippen molar-refractivity contribution in [2.45, 2.75) is 44.2 Å². The highest BCUT2D eigenvalue weighted by molar-refractivity contribution is 9.09. The van der Waals surface area contributed by atoms with E-state index in [4.69, 9.17) is 4.74 Å². The molecule has 7 heteroatoms. The molecule has 17 heavy (non-hydrogen) atoms. The van der Waals surface area contributed by atoms with Gasteiger partial charge in [-0.25, -0.2) is 4.79 Å². The van der Waals surface area contributed by atoms with Gasteiger partial charge in [-0.15, -0.1) is 0 Å². The zero-order valence-electron chi connectivity index (χ0n) is 10.3. The van der Waals surface area contributed by atoms with Gasteiger partial charge in [0.25, 0.3) is 0 Å². The number of halogens is 1. The van der Waals surface area contributed by atoms with Crippen LogP contribution in [0.5, 0.6) is 0 Å². The normalized spacial score (nSPS) is 16.7. The predicted octanol–water partition coefficient (Wildman–Crippen LogP) is 1.37. The number of carbonyl (C=O) groups is 1. The summed E-state index contributed by atoms with van der Waals surface area (Å²) in [4.78, 5) is 20.8. The third-order valence-corrected chi connectivity index (χ3v) is 3.92. The average molecular weight is 312 g/mol. The Labute approximate surface area is 109 Å². The molecular weight excluding hydrogens is 294 g/mol. The minimum absolute atomic E-state index is 0.153. The fraction of sp³-hybridized carbons (Fsp3) is 0.900. The summed E-state index contributed by atoms with van der Waals surface area (Å²) in [6.07, 6.45) is -0.437. The Kier molecular flexibility index (Phi) is 6.04. The molecule has 0 saturated heterocycles. The lowest BCUT2D eigenvalue weighted by Gasteiger charge is -2.30. The van der Waals surface area contributed by atoms with Gasteiger partial charge in [0.1, 0.15) is 0 Å². The van der Waals surface area contributed by atoms with Crippen molar-refractivity contribution in [3.8, 4) is 0 Å². The van der Waals surface area contributed by atoms with Crippen LogP contribution in [0.2, 0.25) is 0 Å². The number of nitro groups is 1. The molecule has 0 spiro atoms. The summed E-state index contributed by atoms with van der Waals surface area (Å²) < 4.78 is 4.86. The van der Waals surface area contributed by atoms with Crippen LogP contribution < -0.4 is 0 Å². The summed E-state index contributed by atoms with van der Waals surface area (Å²) in [5.41, 5.74) is -2.15. The van der Waals surface area contributed by atoms with Gasteiger partial charge in [0.2, 0.25) is 12.1 Å². The van der Waals surface area contributed by atoms with Crippen LogP contribution in [0.25, 0.3) is 0 Å². The van der Waals surface area contributed by atoms with E-state index in [1.54, 1.807) is 27.7 Å². The molecule has 0 aliphatic carbocycles. The van der Waals surface area contributed by atoms with Gasteiger partial charge in [-0.05, 0) is 19.8 Å². The molecule has 0 aliphatic heterocycles. The lowest BCUT2D eigenvalue weighted by molar-refractivity contribution is -0.497. The van der Waals surface area contributed by atoms with E-state index < -0.39 is 34.0 Å². The highest BCUT2D eigenvalue weighted by Crippen LogP contribution is 2.27. The second-order valence-corrected chi connectivity index (χ2v) is 5.50. The van der Waals surface area contributed by atoms with Crippen LogP contribution in [0, 0.1) is 16.0 Å². The summed E-state index contributed by atoms with van der Waals surface area (Å²) in [7, 11) is 0. The molecule has 0 unspecified atom stereocenters. The lowest BCUT2D eigenvalue weighted by atomic mass is 9.92. The van der Waals surface area contributed by atoms with Gasteiger partial charge in [-0.3, -0.25) is 10.1 Å². The van der Waals surface area contributed by atoms with Crippen LogP contribution in [-0.2, 0) is 9.53 Å². The molecule has 100 valence electrons. The largest absolute Gasteiger partial charge is 0.461 e. The maximum atomic E-state index is 11.8. The van der Waals surface area contributed by atoms with E-state index in [0.29, 0.717) is 0 Å². The van der Waals surface area contributed by atoms with E-state index in [2.05, 4.69) is 15.9 Å². The molecule has 0 aromatic heterocycles. The molecular formula is C10H18BrNO5. The SMILES string of the molecule is CC(C)OC(=O)[C@](O)(C[N+](=O)[O-])[C@H](Br)C(C)C. The first-order valence-electron chi connectivity index (χ1n) is 5.30. The quantitative estimate of drug-likeness (QED) is 0.346. The highest BCUT2D eigenvalue weighted by Gasteiger charge is 2.50. The molecule has 0 aliphatic rings. The number of hydrogen-bond acceptors (Lipinski definition) is 5. The molecule has 0 saturated carbocycles. The average Bonchev–Trinajstić information content (AvgIpc) is 2.13. The second-order valence-electron chi connectivity index (χ2n) is 4.51. The van der Waals surface area contributed by atoms with Crippen LogP contribution in [0.3, 0.4) is 0 Å². The molecule has 2 atom stereocenters. The lowest BCUT2D eigenvalue weighted by Crippen LogP contribution is -2.55. The monoisotopic (exact) mass is 311 g/mol. The molecule has 6 nitrogen and oxygen atoms in total. The van der Waals surface area contributed by atoms with Gasteiger partial charge in [-0.2, -0.15) is 0 Å². The fourth-order valence-electron chi connectivity index (χ4n) is 1.33. The highest BCUT2D eigenvalue weighted by atomic mass is 79.9. The Balaban J connectivity index is 5.08. The Morgan fingerprint density at radius 2 is 1.94 bits per heavy atom. The van der Waals surface area contributed by atoms with Gasteiger partial charge in [-0.1, -0.05) is 29.8 Å². The number of carbonyl (C=O) groups excluding carboxylic acids is 1. The van der Waals surface area contributed by atoms with E-state index in [1.807, 2.05) is 0 Å². The maximum absolute atomic E-state index is 11.8. The van der Waals surface area contributed by atoms with Crippen LogP contribution in [0.1, 0.15) is 27.7 Å². The molecule has 0 aromatic carbocycles.